The van der Waals surface area contributed by atoms with E-state index < -0.39 is 11.9 Å². The Labute approximate surface area is 90.2 Å². The number of hydrogen-bond donors (Lipinski definition) is 0. The molecule has 0 aliphatic carbocycles. The van der Waals surface area contributed by atoms with Gasteiger partial charge in [-0.15, -0.1) is 0 Å². The lowest BCUT2D eigenvalue weighted by molar-refractivity contribution is -0.708. The van der Waals surface area contributed by atoms with E-state index in [1.54, 1.807) is 6.92 Å². The Kier molecular flexibility index (Phi) is 3.88. The number of nitrogens with zero attached hydrogens (tertiary/aromatic N) is 2. The first-order valence-corrected chi connectivity index (χ1v) is 5.38. The van der Waals surface area contributed by atoms with Crippen molar-refractivity contribution in [3.63, 3.8) is 0 Å². The summed E-state index contributed by atoms with van der Waals surface area (Å²) in [6.45, 7) is 7.22. The molecule has 0 aromatic carbocycles. The van der Waals surface area contributed by atoms with Gasteiger partial charge in [-0.25, -0.2) is 9.13 Å². The Balaban J connectivity index is 2.85. The molecule has 0 aliphatic rings. The molecule has 0 fully saturated rings. The standard InChI is InChI=1S/C11H18N2O2/c1-4-10-12(5-2)6-7-13(10)8-9(3)11(14)15/h6-7,9H,4-5,8H2,1-3H3. The first kappa shape index (κ1) is 11.8. The number of imidazole rings is 1. The third-order valence-electron chi connectivity index (χ3n) is 2.62. The Bertz CT molecular complexity index is 344. The summed E-state index contributed by atoms with van der Waals surface area (Å²) in [5.41, 5.74) is 0. The molecule has 84 valence electrons. The SMILES string of the molecule is CCc1n(CC)cc[n+]1CC(C)C(=O)[O-]. The largest absolute Gasteiger partial charge is 0.550 e. The fraction of sp³-hybridized carbons (Fsp3) is 0.636. The van der Waals surface area contributed by atoms with E-state index in [4.69, 9.17) is 0 Å². The molecule has 0 saturated carbocycles. The lowest BCUT2D eigenvalue weighted by Gasteiger charge is -2.10. The summed E-state index contributed by atoms with van der Waals surface area (Å²) in [6, 6.07) is 0. The van der Waals surface area contributed by atoms with E-state index in [2.05, 4.69) is 18.4 Å². The van der Waals surface area contributed by atoms with Gasteiger partial charge in [-0.3, -0.25) is 0 Å². The average molecular weight is 210 g/mol. The molecule has 1 unspecified atom stereocenters. The highest BCUT2D eigenvalue weighted by atomic mass is 16.4. The van der Waals surface area contributed by atoms with Gasteiger partial charge in [0.1, 0.15) is 12.4 Å². The molecule has 0 amide bonds. The van der Waals surface area contributed by atoms with Crippen LogP contribution in [0.25, 0.3) is 0 Å². The van der Waals surface area contributed by atoms with Crippen molar-refractivity contribution in [2.24, 2.45) is 5.92 Å². The fourth-order valence-corrected chi connectivity index (χ4v) is 1.73. The van der Waals surface area contributed by atoms with Gasteiger partial charge in [0.05, 0.1) is 13.1 Å². The Morgan fingerprint density at radius 2 is 2.27 bits per heavy atom. The van der Waals surface area contributed by atoms with E-state index >= 15 is 0 Å². The van der Waals surface area contributed by atoms with Gasteiger partial charge in [-0.05, 0) is 6.92 Å². The van der Waals surface area contributed by atoms with Crippen molar-refractivity contribution in [2.75, 3.05) is 0 Å². The number of carboxylic acids is 1. The molecule has 4 nitrogen and oxygen atoms in total. The lowest BCUT2D eigenvalue weighted by atomic mass is 10.2. The highest BCUT2D eigenvalue weighted by Crippen LogP contribution is 2.00. The molecule has 0 N–H and O–H groups in total. The number of aryl methyl sites for hydroxylation is 1. The van der Waals surface area contributed by atoms with Crippen molar-refractivity contribution in [1.82, 2.24) is 4.57 Å². The monoisotopic (exact) mass is 210 g/mol. The quantitative estimate of drug-likeness (QED) is 0.629. The molecule has 0 bridgehead atoms. The van der Waals surface area contributed by atoms with E-state index in [9.17, 15) is 9.90 Å². The van der Waals surface area contributed by atoms with Gasteiger partial charge in [-0.2, -0.15) is 0 Å². The van der Waals surface area contributed by atoms with Gasteiger partial charge in [0.2, 0.25) is 0 Å². The highest BCUT2D eigenvalue weighted by Gasteiger charge is 2.16. The maximum atomic E-state index is 10.6. The van der Waals surface area contributed by atoms with Crippen LogP contribution in [0, 0.1) is 5.92 Å². The van der Waals surface area contributed by atoms with Crippen LogP contribution in [-0.2, 0) is 24.3 Å². The van der Waals surface area contributed by atoms with Gasteiger partial charge in [0.15, 0.2) is 0 Å². The molecule has 15 heavy (non-hydrogen) atoms. The molecule has 0 radical (unpaired) electrons. The molecular weight excluding hydrogens is 192 g/mol. The second kappa shape index (κ2) is 4.96. The van der Waals surface area contributed by atoms with E-state index in [1.807, 2.05) is 17.0 Å². The summed E-state index contributed by atoms with van der Waals surface area (Å²) in [7, 11) is 0. The molecule has 1 atom stereocenters. The van der Waals surface area contributed by atoms with E-state index in [-0.39, 0.29) is 0 Å². The number of rotatable bonds is 5. The van der Waals surface area contributed by atoms with Crippen molar-refractivity contribution in [3.8, 4) is 0 Å². The van der Waals surface area contributed by atoms with Crippen LogP contribution in [0.4, 0.5) is 0 Å². The van der Waals surface area contributed by atoms with Crippen LogP contribution in [0.2, 0.25) is 0 Å². The molecule has 4 heteroatoms. The fourth-order valence-electron chi connectivity index (χ4n) is 1.73. The van der Waals surface area contributed by atoms with Crippen molar-refractivity contribution >= 4 is 5.97 Å². The number of carbonyl (C=O) groups excluding carboxylic acids is 1. The smallest absolute Gasteiger partial charge is 0.256 e. The van der Waals surface area contributed by atoms with Crippen molar-refractivity contribution in [2.45, 2.75) is 40.3 Å². The third kappa shape index (κ3) is 2.58. The van der Waals surface area contributed by atoms with E-state index in [1.165, 1.54) is 0 Å². The van der Waals surface area contributed by atoms with Crippen LogP contribution in [0.5, 0.6) is 0 Å². The number of carboxylic acid groups (broad SMARTS) is 1. The van der Waals surface area contributed by atoms with Crippen LogP contribution >= 0.6 is 0 Å². The highest BCUT2D eigenvalue weighted by molar-refractivity contribution is 5.66. The van der Waals surface area contributed by atoms with Gasteiger partial charge in [0, 0.05) is 18.3 Å². The predicted molar refractivity (Wildman–Crippen MR) is 53.9 cm³/mol. The molecule has 1 rings (SSSR count). The first-order valence-electron chi connectivity index (χ1n) is 5.38. The molecule has 1 aromatic heterocycles. The van der Waals surface area contributed by atoms with Crippen LogP contribution in [0.3, 0.4) is 0 Å². The topological polar surface area (TPSA) is 48.9 Å². The van der Waals surface area contributed by atoms with Crippen molar-refractivity contribution in [3.05, 3.63) is 18.2 Å². The minimum Gasteiger partial charge on any atom is -0.550 e. The van der Waals surface area contributed by atoms with Crippen LogP contribution in [0.1, 0.15) is 26.6 Å². The van der Waals surface area contributed by atoms with Crippen molar-refractivity contribution in [1.29, 1.82) is 0 Å². The van der Waals surface area contributed by atoms with Crippen LogP contribution in [0.15, 0.2) is 12.4 Å². The molecule has 0 spiro atoms. The molecule has 1 aromatic rings. The lowest BCUT2D eigenvalue weighted by Crippen LogP contribution is -2.44. The number of carbonyl (C=O) groups is 1. The average Bonchev–Trinajstić information content (AvgIpc) is 2.59. The van der Waals surface area contributed by atoms with Crippen LogP contribution < -0.4 is 9.67 Å². The first-order chi connectivity index (χ1) is 7.10. The molecule has 0 aliphatic heterocycles. The third-order valence-corrected chi connectivity index (χ3v) is 2.62. The zero-order chi connectivity index (χ0) is 11.4. The Morgan fingerprint density at radius 3 is 2.73 bits per heavy atom. The summed E-state index contributed by atoms with van der Waals surface area (Å²) in [6.07, 6.45) is 4.82. The number of aliphatic carboxylic acids is 1. The Morgan fingerprint density at radius 1 is 1.60 bits per heavy atom. The second-order valence-corrected chi connectivity index (χ2v) is 3.73. The maximum absolute atomic E-state index is 10.6. The summed E-state index contributed by atoms with van der Waals surface area (Å²) >= 11 is 0. The van der Waals surface area contributed by atoms with Gasteiger partial charge in [-0.1, -0.05) is 13.8 Å². The van der Waals surface area contributed by atoms with Gasteiger partial charge >= 0.3 is 0 Å². The zero-order valence-corrected chi connectivity index (χ0v) is 9.56. The van der Waals surface area contributed by atoms with Crippen LogP contribution in [-0.4, -0.2) is 10.5 Å². The molecule has 1 heterocycles. The maximum Gasteiger partial charge on any atom is 0.256 e. The number of hydrogen-bond acceptors (Lipinski definition) is 2. The van der Waals surface area contributed by atoms with Gasteiger partial charge in [0.25, 0.3) is 5.82 Å². The summed E-state index contributed by atoms with van der Waals surface area (Å²) in [5.74, 6) is -0.285. The minimum atomic E-state index is -0.992. The van der Waals surface area contributed by atoms with Crippen molar-refractivity contribution < 1.29 is 14.5 Å². The molecular formula is C11H18N2O2. The molecule has 0 saturated heterocycles. The normalized spacial score (nSPS) is 12.7. The zero-order valence-electron chi connectivity index (χ0n) is 9.56. The van der Waals surface area contributed by atoms with E-state index in [0.29, 0.717) is 6.54 Å². The minimum absolute atomic E-state index is 0.451. The summed E-state index contributed by atoms with van der Waals surface area (Å²) < 4.78 is 4.12. The number of aromatic nitrogens is 2. The van der Waals surface area contributed by atoms with Gasteiger partial charge < -0.3 is 9.90 Å². The summed E-state index contributed by atoms with van der Waals surface area (Å²) in [5, 5.41) is 10.6. The Hall–Kier alpha value is -1.32. The predicted octanol–water partition coefficient (Wildman–Crippen LogP) is -0.256. The second-order valence-electron chi connectivity index (χ2n) is 3.73. The summed E-state index contributed by atoms with van der Waals surface area (Å²) in [4.78, 5) is 10.6. The van der Waals surface area contributed by atoms with E-state index in [0.717, 1.165) is 18.8 Å².